The normalized spacial score (nSPS) is 12.1. The fourth-order valence-corrected chi connectivity index (χ4v) is 11.4. The van der Waals surface area contributed by atoms with E-state index in [9.17, 15) is 9.90 Å². The van der Waals surface area contributed by atoms with Gasteiger partial charge in [-0.25, -0.2) is 0 Å². The van der Waals surface area contributed by atoms with Gasteiger partial charge in [0.1, 0.15) is 0 Å². The predicted molar refractivity (Wildman–Crippen MR) is 324 cm³/mol. The van der Waals surface area contributed by atoms with E-state index in [0.717, 1.165) is 32.1 Å². The van der Waals surface area contributed by atoms with Crippen molar-refractivity contribution in [2.75, 3.05) is 6.61 Å². The number of unbranched alkanes of at least 4 members (excludes halogenated alkanes) is 58. The van der Waals surface area contributed by atoms with Crippen molar-refractivity contribution in [3.8, 4) is 0 Å². The molecule has 3 nitrogen and oxygen atoms in total. The lowest BCUT2D eigenvalue weighted by Crippen LogP contribution is -2.06. The van der Waals surface area contributed by atoms with Crippen molar-refractivity contribution in [1.29, 1.82) is 0 Å². The van der Waals surface area contributed by atoms with Crippen LogP contribution in [0.2, 0.25) is 0 Å². The van der Waals surface area contributed by atoms with Gasteiger partial charge in [0.2, 0.25) is 0 Å². The van der Waals surface area contributed by atoms with E-state index in [1.54, 1.807) is 0 Å². The molecule has 0 heterocycles. The summed E-state index contributed by atoms with van der Waals surface area (Å²) in [6, 6.07) is 0. The van der Waals surface area contributed by atoms with Crippen LogP contribution in [-0.2, 0) is 9.53 Å². The number of hydrogen-bond donors (Lipinski definition) is 1. The van der Waals surface area contributed by atoms with E-state index in [0.29, 0.717) is 13.0 Å². The molecule has 0 amide bonds. The van der Waals surface area contributed by atoms with Crippen molar-refractivity contribution in [3.63, 3.8) is 0 Å². The Kier molecular flexibility index (Phi) is 66.0. The molecule has 0 saturated heterocycles. The zero-order chi connectivity index (χ0) is 51.8. The van der Waals surface area contributed by atoms with Crippen molar-refractivity contribution in [2.24, 2.45) is 0 Å². The van der Waals surface area contributed by atoms with Crippen LogP contribution >= 0.6 is 0 Å². The van der Waals surface area contributed by atoms with Crippen LogP contribution in [0, 0.1) is 0 Å². The lowest BCUT2D eigenvalue weighted by atomic mass is 10.0. The first-order valence-electron chi connectivity index (χ1n) is 34.5. The third-order valence-corrected chi connectivity index (χ3v) is 16.6. The second kappa shape index (κ2) is 66.5. The van der Waals surface area contributed by atoms with E-state index < -0.39 is 0 Å². The van der Waals surface area contributed by atoms with Crippen LogP contribution in [0.5, 0.6) is 0 Å². The Labute approximate surface area is 456 Å². The Morgan fingerprint density at radius 3 is 0.639 bits per heavy atom. The smallest absolute Gasteiger partial charge is 0.305 e. The number of hydrogen-bond acceptors (Lipinski definition) is 3. The molecule has 0 spiro atoms. The van der Waals surface area contributed by atoms with E-state index in [-0.39, 0.29) is 12.1 Å². The van der Waals surface area contributed by atoms with Crippen molar-refractivity contribution in [1.82, 2.24) is 0 Å². The summed E-state index contributed by atoms with van der Waals surface area (Å²) in [5, 5.41) is 10.1. The molecule has 0 rings (SSSR count). The van der Waals surface area contributed by atoms with Crippen LogP contribution < -0.4 is 0 Å². The number of aliphatic hydroxyl groups is 1. The average Bonchev–Trinajstić information content (AvgIpc) is 3.38. The predicted octanol–water partition coefficient (Wildman–Crippen LogP) is 24.9. The summed E-state index contributed by atoms with van der Waals surface area (Å²) >= 11 is 0. The highest BCUT2D eigenvalue weighted by molar-refractivity contribution is 5.69. The lowest BCUT2D eigenvalue weighted by Gasteiger charge is -2.10. The molecular formula is C69H138O3. The molecule has 0 saturated carbocycles. The summed E-state index contributed by atoms with van der Waals surface area (Å²) in [5.74, 6) is 0.00998. The topological polar surface area (TPSA) is 46.5 Å². The Hall–Kier alpha value is -0.570. The maximum Gasteiger partial charge on any atom is 0.305 e. The standard InChI is InChI=1S/C69H138O3/c1-3-5-7-9-10-11-12-13-14-15-16-17-18-19-20-21-22-23-24-25-26-27-28-29-30-31-32-33-34-35-36-37-38-39-40-41-42-43-44-45-46-47-48-49-50-53-56-59-63-67-72-69(71)66-62-58-55-52-51-54-57-61-65-68(70)64-60-8-6-4-2/h68,70H,3-67H2,1-2H3. The van der Waals surface area contributed by atoms with Crippen LogP contribution in [0.3, 0.4) is 0 Å². The maximum absolute atomic E-state index is 12.1. The fraction of sp³-hybridized carbons (Fsp3) is 0.986. The lowest BCUT2D eigenvalue weighted by molar-refractivity contribution is -0.143. The molecule has 0 aromatic rings. The summed E-state index contributed by atoms with van der Waals surface area (Å²) in [6.07, 6.45) is 88.2. The van der Waals surface area contributed by atoms with Gasteiger partial charge in [0.25, 0.3) is 0 Å². The molecule has 0 aliphatic carbocycles. The Balaban J connectivity index is 3.14. The molecule has 0 bridgehead atoms. The highest BCUT2D eigenvalue weighted by Crippen LogP contribution is 2.20. The maximum atomic E-state index is 12.1. The quantitative estimate of drug-likeness (QED) is 0.0488. The Bertz CT molecular complexity index is 948. The van der Waals surface area contributed by atoms with Crippen LogP contribution in [0.1, 0.15) is 425 Å². The summed E-state index contributed by atoms with van der Waals surface area (Å²) in [6.45, 7) is 5.17. The molecule has 1 unspecified atom stereocenters. The highest BCUT2D eigenvalue weighted by atomic mass is 16.5. The summed E-state index contributed by atoms with van der Waals surface area (Å²) in [5.41, 5.74) is 0. The van der Waals surface area contributed by atoms with Gasteiger partial charge in [-0.05, 0) is 25.7 Å². The first-order chi connectivity index (χ1) is 35.7. The largest absolute Gasteiger partial charge is 0.466 e. The molecular weight excluding hydrogens is 877 g/mol. The minimum Gasteiger partial charge on any atom is -0.466 e. The zero-order valence-corrected chi connectivity index (χ0v) is 50.3. The van der Waals surface area contributed by atoms with Gasteiger partial charge < -0.3 is 9.84 Å². The number of rotatable bonds is 66. The van der Waals surface area contributed by atoms with E-state index in [1.165, 1.54) is 372 Å². The van der Waals surface area contributed by atoms with Crippen LogP contribution in [0.4, 0.5) is 0 Å². The first-order valence-corrected chi connectivity index (χ1v) is 34.5. The molecule has 1 N–H and O–H groups in total. The van der Waals surface area contributed by atoms with E-state index in [1.807, 2.05) is 0 Å². The van der Waals surface area contributed by atoms with Gasteiger partial charge in [-0.1, -0.05) is 393 Å². The number of aliphatic hydroxyl groups excluding tert-OH is 1. The molecule has 0 radical (unpaired) electrons. The molecule has 1 atom stereocenters. The molecule has 72 heavy (non-hydrogen) atoms. The van der Waals surface area contributed by atoms with Crippen LogP contribution in [-0.4, -0.2) is 23.8 Å². The zero-order valence-electron chi connectivity index (χ0n) is 50.3. The molecule has 0 aliphatic rings. The number of ether oxygens (including phenoxy) is 1. The average molecular weight is 1020 g/mol. The third-order valence-electron chi connectivity index (χ3n) is 16.6. The molecule has 0 aliphatic heterocycles. The SMILES string of the molecule is CCCCCCCCCCCCCCCCCCCCCCCCCCCCCCCCCCCCCCCCCCCCCCCCCCCOC(=O)CCCCCCCCCCC(O)CCCCCC. The van der Waals surface area contributed by atoms with Crippen LogP contribution in [0.25, 0.3) is 0 Å². The summed E-state index contributed by atoms with van der Waals surface area (Å²) in [4.78, 5) is 12.1. The summed E-state index contributed by atoms with van der Waals surface area (Å²) in [7, 11) is 0. The number of carbonyl (C=O) groups excluding carboxylic acids is 1. The molecule has 0 aromatic heterocycles. The van der Waals surface area contributed by atoms with E-state index >= 15 is 0 Å². The minimum absolute atomic E-state index is 0.00998. The van der Waals surface area contributed by atoms with E-state index in [2.05, 4.69) is 13.8 Å². The molecule has 3 heteroatoms. The van der Waals surface area contributed by atoms with Gasteiger partial charge in [-0.2, -0.15) is 0 Å². The monoisotopic (exact) mass is 1020 g/mol. The van der Waals surface area contributed by atoms with Crippen molar-refractivity contribution in [2.45, 2.75) is 431 Å². The van der Waals surface area contributed by atoms with E-state index in [4.69, 9.17) is 4.74 Å². The number of esters is 1. The fourth-order valence-electron chi connectivity index (χ4n) is 11.4. The summed E-state index contributed by atoms with van der Waals surface area (Å²) < 4.78 is 5.50. The highest BCUT2D eigenvalue weighted by Gasteiger charge is 2.06. The van der Waals surface area contributed by atoms with Gasteiger partial charge in [-0.3, -0.25) is 4.79 Å². The van der Waals surface area contributed by atoms with Crippen LogP contribution in [0.15, 0.2) is 0 Å². The van der Waals surface area contributed by atoms with Crippen molar-refractivity contribution in [3.05, 3.63) is 0 Å². The minimum atomic E-state index is -0.0804. The van der Waals surface area contributed by atoms with Gasteiger partial charge in [0, 0.05) is 6.42 Å². The van der Waals surface area contributed by atoms with Gasteiger partial charge in [0.05, 0.1) is 12.7 Å². The third kappa shape index (κ3) is 65.5. The second-order valence-corrected chi connectivity index (χ2v) is 24.1. The van der Waals surface area contributed by atoms with Crippen molar-refractivity contribution < 1.29 is 14.6 Å². The molecule has 0 fully saturated rings. The van der Waals surface area contributed by atoms with Crippen molar-refractivity contribution >= 4 is 5.97 Å². The van der Waals surface area contributed by atoms with Gasteiger partial charge in [-0.15, -0.1) is 0 Å². The Morgan fingerprint density at radius 1 is 0.250 bits per heavy atom. The number of carbonyl (C=O) groups is 1. The molecule has 0 aromatic carbocycles. The molecule has 432 valence electrons. The van der Waals surface area contributed by atoms with Gasteiger partial charge >= 0.3 is 5.97 Å². The van der Waals surface area contributed by atoms with Gasteiger partial charge in [0.15, 0.2) is 0 Å². The second-order valence-electron chi connectivity index (χ2n) is 24.1. The first kappa shape index (κ1) is 71.4. The Morgan fingerprint density at radius 2 is 0.417 bits per heavy atom.